The molecule has 1 fully saturated rings. The van der Waals surface area contributed by atoms with Crippen LogP contribution >= 0.6 is 11.8 Å². The second-order valence-electron chi connectivity index (χ2n) is 6.39. The first-order valence-electron chi connectivity index (χ1n) is 9.79. The maximum atomic E-state index is 13.1. The van der Waals surface area contributed by atoms with Gasteiger partial charge in [-0.05, 0) is 31.2 Å². The molecular formula is C20H26N6OS. The molecule has 0 radical (unpaired) electrons. The molecule has 1 aliphatic rings. The standard InChI is InChI=1S/C18H20N6OS.C2H6/c1-26-18-19-11-13(16(21-18)20-12-7-3-2-4-8-12)17(25)24-15-10-6-5-9-14(15)22-23-24;1-2/h5-6,9-12H,2-4,7-8H2,1H3,(H,19,20,21);1-2H3. The van der Waals surface area contributed by atoms with Gasteiger partial charge in [-0.15, -0.1) is 5.10 Å². The van der Waals surface area contributed by atoms with Gasteiger partial charge in [-0.3, -0.25) is 4.79 Å². The highest BCUT2D eigenvalue weighted by atomic mass is 32.2. The van der Waals surface area contributed by atoms with Crippen molar-refractivity contribution in [3.63, 3.8) is 0 Å². The lowest BCUT2D eigenvalue weighted by Gasteiger charge is -2.24. The average Bonchev–Trinajstić information content (AvgIpc) is 3.19. The Morgan fingerprint density at radius 3 is 2.68 bits per heavy atom. The van der Waals surface area contributed by atoms with Crippen LogP contribution in [0.15, 0.2) is 35.6 Å². The smallest absolute Gasteiger partial charge is 0.285 e. The molecule has 3 aromatic rings. The fraction of sp³-hybridized carbons (Fsp3) is 0.450. The van der Waals surface area contributed by atoms with Crippen molar-refractivity contribution >= 4 is 34.5 Å². The fourth-order valence-electron chi connectivity index (χ4n) is 3.30. The molecule has 1 N–H and O–H groups in total. The number of rotatable bonds is 4. The molecule has 148 valence electrons. The summed E-state index contributed by atoms with van der Waals surface area (Å²) in [4.78, 5) is 22.0. The summed E-state index contributed by atoms with van der Waals surface area (Å²) in [6.45, 7) is 4.00. The van der Waals surface area contributed by atoms with E-state index in [0.717, 1.165) is 12.8 Å². The van der Waals surface area contributed by atoms with Gasteiger partial charge in [0.1, 0.15) is 16.9 Å². The van der Waals surface area contributed by atoms with Crippen LogP contribution in [0.5, 0.6) is 0 Å². The SMILES string of the molecule is CC.CSc1ncc(C(=O)n2nnc3ccccc32)c(NC2CCCCC2)n1. The summed E-state index contributed by atoms with van der Waals surface area (Å²) in [5.41, 5.74) is 1.78. The topological polar surface area (TPSA) is 85.6 Å². The lowest BCUT2D eigenvalue weighted by molar-refractivity contribution is 0.0948. The van der Waals surface area contributed by atoms with Crippen LogP contribution in [0.25, 0.3) is 11.0 Å². The van der Waals surface area contributed by atoms with Crippen molar-refractivity contribution in [2.75, 3.05) is 11.6 Å². The number of para-hydroxylation sites is 1. The molecule has 0 amide bonds. The Hall–Kier alpha value is -2.48. The normalized spacial score (nSPS) is 14.4. The van der Waals surface area contributed by atoms with E-state index in [1.807, 2.05) is 44.4 Å². The maximum absolute atomic E-state index is 13.1. The van der Waals surface area contributed by atoms with Crippen molar-refractivity contribution < 1.29 is 4.79 Å². The minimum absolute atomic E-state index is 0.273. The molecule has 28 heavy (non-hydrogen) atoms. The number of nitrogens with zero attached hydrogens (tertiary/aromatic N) is 5. The molecule has 0 unspecified atom stereocenters. The van der Waals surface area contributed by atoms with Gasteiger partial charge in [0.2, 0.25) is 0 Å². The van der Waals surface area contributed by atoms with Gasteiger partial charge in [-0.1, -0.05) is 62.2 Å². The lowest BCUT2D eigenvalue weighted by atomic mass is 9.95. The molecular weight excluding hydrogens is 372 g/mol. The zero-order valence-corrected chi connectivity index (χ0v) is 17.4. The van der Waals surface area contributed by atoms with E-state index in [4.69, 9.17) is 0 Å². The van der Waals surface area contributed by atoms with Gasteiger partial charge in [-0.2, -0.15) is 4.68 Å². The number of hydrogen-bond donors (Lipinski definition) is 1. The quantitative estimate of drug-likeness (QED) is 0.515. The predicted octanol–water partition coefficient (Wildman–Crippen LogP) is 4.40. The van der Waals surface area contributed by atoms with Crippen LogP contribution in [-0.2, 0) is 0 Å². The van der Waals surface area contributed by atoms with Crippen LogP contribution < -0.4 is 5.32 Å². The molecule has 4 rings (SSSR count). The third kappa shape index (κ3) is 4.32. The number of benzene rings is 1. The van der Waals surface area contributed by atoms with Crippen LogP contribution in [0.4, 0.5) is 5.82 Å². The van der Waals surface area contributed by atoms with E-state index in [0.29, 0.717) is 33.6 Å². The Balaban J connectivity index is 0.00000109. The molecule has 0 atom stereocenters. The predicted molar refractivity (Wildman–Crippen MR) is 113 cm³/mol. The van der Waals surface area contributed by atoms with Gasteiger partial charge in [-0.25, -0.2) is 9.97 Å². The van der Waals surface area contributed by atoms with Crippen LogP contribution in [0.1, 0.15) is 56.3 Å². The minimum Gasteiger partial charge on any atom is -0.367 e. The second-order valence-corrected chi connectivity index (χ2v) is 7.17. The maximum Gasteiger partial charge on any atom is 0.285 e. The summed E-state index contributed by atoms with van der Waals surface area (Å²) in [7, 11) is 0. The number of anilines is 1. The second kappa shape index (κ2) is 9.64. The van der Waals surface area contributed by atoms with Gasteiger partial charge < -0.3 is 5.32 Å². The van der Waals surface area contributed by atoms with Crippen molar-refractivity contribution in [2.24, 2.45) is 0 Å². The zero-order valence-electron chi connectivity index (χ0n) is 16.6. The number of thioether (sulfide) groups is 1. The van der Waals surface area contributed by atoms with E-state index < -0.39 is 0 Å². The molecule has 1 aliphatic carbocycles. The Morgan fingerprint density at radius 1 is 1.18 bits per heavy atom. The van der Waals surface area contributed by atoms with Gasteiger partial charge in [0.05, 0.1) is 5.52 Å². The highest BCUT2D eigenvalue weighted by Crippen LogP contribution is 2.25. The number of hydrogen-bond acceptors (Lipinski definition) is 7. The third-order valence-electron chi connectivity index (χ3n) is 4.67. The number of carbonyl (C=O) groups excluding carboxylic acids is 1. The van der Waals surface area contributed by atoms with Gasteiger partial charge in [0.25, 0.3) is 5.91 Å². The number of fused-ring (bicyclic) bond motifs is 1. The van der Waals surface area contributed by atoms with E-state index in [2.05, 4.69) is 25.6 Å². The Bertz CT molecular complexity index is 935. The Labute approximate surface area is 169 Å². The van der Waals surface area contributed by atoms with Crippen molar-refractivity contribution in [3.05, 3.63) is 36.0 Å². The number of aromatic nitrogens is 5. The molecule has 1 saturated carbocycles. The minimum atomic E-state index is -0.273. The molecule has 2 heterocycles. The van der Waals surface area contributed by atoms with Gasteiger partial charge in [0, 0.05) is 12.2 Å². The molecule has 0 bridgehead atoms. The average molecular weight is 399 g/mol. The van der Waals surface area contributed by atoms with E-state index in [1.54, 1.807) is 6.20 Å². The number of nitrogens with one attached hydrogen (secondary N) is 1. The third-order valence-corrected chi connectivity index (χ3v) is 5.23. The first kappa shape index (κ1) is 20.3. The highest BCUT2D eigenvalue weighted by molar-refractivity contribution is 7.98. The first-order valence-corrected chi connectivity index (χ1v) is 11.0. The van der Waals surface area contributed by atoms with Crippen molar-refractivity contribution in [3.8, 4) is 0 Å². The molecule has 7 nitrogen and oxygen atoms in total. The van der Waals surface area contributed by atoms with Crippen molar-refractivity contribution in [1.82, 2.24) is 25.0 Å². The molecule has 0 spiro atoms. The van der Waals surface area contributed by atoms with Crippen LogP contribution in [0.2, 0.25) is 0 Å². The van der Waals surface area contributed by atoms with Gasteiger partial charge in [0.15, 0.2) is 5.16 Å². The molecule has 1 aromatic carbocycles. The summed E-state index contributed by atoms with van der Waals surface area (Å²) in [5.74, 6) is 0.311. The Morgan fingerprint density at radius 2 is 1.93 bits per heavy atom. The van der Waals surface area contributed by atoms with Crippen LogP contribution in [-0.4, -0.2) is 43.2 Å². The Kier molecular flexibility index (Phi) is 6.97. The molecule has 0 aliphatic heterocycles. The molecule has 2 aromatic heterocycles. The van der Waals surface area contributed by atoms with Crippen LogP contribution in [0.3, 0.4) is 0 Å². The largest absolute Gasteiger partial charge is 0.367 e. The molecule has 8 heteroatoms. The van der Waals surface area contributed by atoms with E-state index in [9.17, 15) is 4.79 Å². The zero-order chi connectivity index (χ0) is 19.9. The highest BCUT2D eigenvalue weighted by Gasteiger charge is 2.22. The van der Waals surface area contributed by atoms with Crippen molar-refractivity contribution in [1.29, 1.82) is 0 Å². The lowest BCUT2D eigenvalue weighted by Crippen LogP contribution is -2.26. The van der Waals surface area contributed by atoms with Crippen molar-refractivity contribution in [2.45, 2.75) is 57.1 Å². The summed E-state index contributed by atoms with van der Waals surface area (Å²) in [6, 6.07) is 7.74. The van der Waals surface area contributed by atoms with E-state index in [1.165, 1.54) is 35.7 Å². The monoisotopic (exact) mass is 398 g/mol. The summed E-state index contributed by atoms with van der Waals surface area (Å²) in [6.07, 6.45) is 9.38. The summed E-state index contributed by atoms with van der Waals surface area (Å²) < 4.78 is 1.32. The first-order chi connectivity index (χ1) is 13.8. The van der Waals surface area contributed by atoms with Gasteiger partial charge >= 0.3 is 0 Å². The van der Waals surface area contributed by atoms with E-state index >= 15 is 0 Å². The van der Waals surface area contributed by atoms with Crippen LogP contribution in [0, 0.1) is 0 Å². The fourth-order valence-corrected chi connectivity index (χ4v) is 3.64. The summed E-state index contributed by atoms with van der Waals surface area (Å²) >= 11 is 1.46. The molecule has 0 saturated heterocycles. The summed E-state index contributed by atoms with van der Waals surface area (Å²) in [5, 5.41) is 12.2. The number of carbonyl (C=O) groups is 1. The van der Waals surface area contributed by atoms with E-state index in [-0.39, 0.29) is 5.91 Å².